The smallest absolute Gasteiger partial charge is 0.329 e. The number of imide groups is 1. The summed E-state index contributed by atoms with van der Waals surface area (Å²) in [5.41, 5.74) is 3.51. The largest absolute Gasteiger partial charge is 0.493 e. The number of nitrogens with one attached hydrogen (secondary N) is 3. The highest BCUT2D eigenvalue weighted by molar-refractivity contribution is 9.10. The van der Waals surface area contributed by atoms with Crippen LogP contribution in [-0.4, -0.2) is 107 Å². The second kappa shape index (κ2) is 19.1. The maximum absolute atomic E-state index is 13.2. The predicted octanol–water partition coefficient (Wildman–Crippen LogP) is 6.80. The van der Waals surface area contributed by atoms with Gasteiger partial charge in [-0.25, -0.2) is 14.8 Å². The van der Waals surface area contributed by atoms with E-state index >= 15 is 0 Å². The first kappa shape index (κ1) is 41.7. The number of rotatable bonds is 17. The van der Waals surface area contributed by atoms with Gasteiger partial charge in [0.15, 0.2) is 17.3 Å². The monoisotopic (exact) mass is 868 g/mol. The first-order valence-electron chi connectivity index (χ1n) is 20.4. The summed E-state index contributed by atoms with van der Waals surface area (Å²) >= 11 is 3.57. The van der Waals surface area contributed by atoms with Crippen LogP contribution < -0.4 is 30.3 Å². The SMILES string of the molecule is COc1cc2c(N[C@H](C)c3cccc(Br)c3)nc(C)nc2cc1OCCCCCCCN1CCN(C(=O)CNc2cccc3c(N4CCC(=O)NC4=O)nn(C)c23)CC1. The molecular weight excluding hydrogens is 816 g/mol. The number of hydrogen-bond acceptors (Lipinski definition) is 11. The summed E-state index contributed by atoms with van der Waals surface area (Å²) in [7, 11) is 3.46. The normalized spacial score (nSPS) is 15.4. The minimum Gasteiger partial charge on any atom is -0.493 e. The summed E-state index contributed by atoms with van der Waals surface area (Å²) in [4.78, 5) is 52.6. The Morgan fingerprint density at radius 1 is 0.932 bits per heavy atom. The van der Waals surface area contributed by atoms with Crippen molar-refractivity contribution in [1.82, 2.24) is 34.9 Å². The molecule has 0 saturated carbocycles. The quantitative estimate of drug-likeness (QED) is 0.0845. The van der Waals surface area contributed by atoms with E-state index in [9.17, 15) is 14.4 Å². The summed E-state index contributed by atoms with van der Waals surface area (Å²) in [6.07, 6.45) is 5.65. The molecule has 2 aliphatic rings. The maximum Gasteiger partial charge on any atom is 0.329 e. The van der Waals surface area contributed by atoms with Crippen molar-refractivity contribution in [2.24, 2.45) is 7.05 Å². The molecule has 59 heavy (non-hydrogen) atoms. The van der Waals surface area contributed by atoms with E-state index in [4.69, 9.17) is 19.4 Å². The van der Waals surface area contributed by atoms with Gasteiger partial charge in [0.05, 0.1) is 43.0 Å². The zero-order chi connectivity index (χ0) is 41.5. The van der Waals surface area contributed by atoms with Crippen LogP contribution in [0.5, 0.6) is 11.5 Å². The predicted molar refractivity (Wildman–Crippen MR) is 233 cm³/mol. The molecule has 0 unspecified atom stereocenters. The first-order chi connectivity index (χ1) is 28.6. The van der Waals surface area contributed by atoms with Gasteiger partial charge in [-0.1, -0.05) is 53.4 Å². The highest BCUT2D eigenvalue weighted by atomic mass is 79.9. The molecule has 0 bridgehead atoms. The Bertz CT molecular complexity index is 2310. The number of carbonyl (C=O) groups excluding carboxylic acids is 3. The average molecular weight is 870 g/mol. The molecule has 4 heterocycles. The van der Waals surface area contributed by atoms with Crippen molar-refractivity contribution in [3.8, 4) is 11.5 Å². The summed E-state index contributed by atoms with van der Waals surface area (Å²) < 4.78 is 14.7. The van der Waals surface area contributed by atoms with Gasteiger partial charge in [-0.2, -0.15) is 5.10 Å². The number of amides is 4. The number of urea groups is 1. The summed E-state index contributed by atoms with van der Waals surface area (Å²) in [6, 6.07) is 17.4. The van der Waals surface area contributed by atoms with Crippen molar-refractivity contribution < 1.29 is 23.9 Å². The van der Waals surface area contributed by atoms with Gasteiger partial charge in [-0.05, 0) is 69.1 Å². The number of aromatic nitrogens is 4. The molecule has 7 rings (SSSR count). The van der Waals surface area contributed by atoms with Gasteiger partial charge in [-0.15, -0.1) is 0 Å². The lowest BCUT2D eigenvalue weighted by Crippen LogP contribution is -2.50. The molecule has 1 atom stereocenters. The molecule has 0 aliphatic carbocycles. The molecule has 5 aromatic rings. The van der Waals surface area contributed by atoms with Gasteiger partial charge in [0.1, 0.15) is 11.6 Å². The third-order valence-corrected chi connectivity index (χ3v) is 11.5. The highest BCUT2D eigenvalue weighted by Crippen LogP contribution is 2.36. The molecule has 2 aromatic heterocycles. The Labute approximate surface area is 352 Å². The number of unbranched alkanes of at least 4 members (excludes halogenated alkanes) is 4. The van der Waals surface area contributed by atoms with Gasteiger partial charge >= 0.3 is 6.03 Å². The van der Waals surface area contributed by atoms with Gasteiger partial charge in [0.25, 0.3) is 0 Å². The molecule has 2 saturated heterocycles. The Morgan fingerprint density at radius 2 is 1.71 bits per heavy atom. The molecule has 4 amide bonds. The number of nitrogens with zero attached hydrogens (tertiary/aromatic N) is 7. The number of fused-ring (bicyclic) bond motifs is 2. The maximum atomic E-state index is 13.2. The highest BCUT2D eigenvalue weighted by Gasteiger charge is 2.29. The molecule has 2 aliphatic heterocycles. The van der Waals surface area contributed by atoms with Crippen LogP contribution in [0, 0.1) is 6.92 Å². The van der Waals surface area contributed by atoms with Gasteiger partial charge in [0.2, 0.25) is 11.8 Å². The number of benzene rings is 3. The van der Waals surface area contributed by atoms with Crippen LogP contribution in [0.2, 0.25) is 0 Å². The standard InChI is InChI=1S/C43H53BrN10O5/c1-28(30-12-10-13-31(44)24-30)46-41-33-25-36(58-4)37(26-35(33)47-29(2)48-41)59-23-9-7-5-6-8-17-52-19-21-53(22-20-52)39(56)27-45-34-15-11-14-32-40(34)51(3)50-42(32)54-18-16-38(55)49-43(54)57/h10-15,24-26,28,45H,5-9,16-23,27H2,1-4H3,(H,46,47,48)(H,49,55,57)/t28-/m1/s1. The van der Waals surface area contributed by atoms with Crippen LogP contribution in [-0.2, 0) is 16.6 Å². The summed E-state index contributed by atoms with van der Waals surface area (Å²) in [5, 5.41) is 15.5. The van der Waals surface area contributed by atoms with Crippen molar-refractivity contribution in [3.05, 3.63) is 70.5 Å². The van der Waals surface area contributed by atoms with Crippen LogP contribution in [0.15, 0.2) is 59.1 Å². The van der Waals surface area contributed by atoms with Crippen LogP contribution in [0.25, 0.3) is 21.8 Å². The van der Waals surface area contributed by atoms with E-state index < -0.39 is 6.03 Å². The average Bonchev–Trinajstić information content (AvgIpc) is 3.56. The number of halogens is 1. The van der Waals surface area contributed by atoms with Crippen molar-refractivity contribution >= 4 is 72.9 Å². The van der Waals surface area contributed by atoms with Crippen molar-refractivity contribution in [2.75, 3.05) is 75.1 Å². The van der Waals surface area contributed by atoms with E-state index in [2.05, 4.69) is 60.9 Å². The molecule has 3 N–H and O–H groups in total. The van der Waals surface area contributed by atoms with Crippen molar-refractivity contribution in [1.29, 1.82) is 0 Å². The first-order valence-corrected chi connectivity index (χ1v) is 21.2. The third kappa shape index (κ3) is 10.0. The minimum absolute atomic E-state index is 0.0364. The summed E-state index contributed by atoms with van der Waals surface area (Å²) in [5.74, 6) is 3.03. The molecule has 3 aromatic carbocycles. The summed E-state index contributed by atoms with van der Waals surface area (Å²) in [6.45, 7) is 9.19. The second-order valence-electron chi connectivity index (χ2n) is 15.2. The van der Waals surface area contributed by atoms with Crippen LogP contribution in [0.3, 0.4) is 0 Å². The molecule has 312 valence electrons. The van der Waals surface area contributed by atoms with Gasteiger partial charge < -0.3 is 25.0 Å². The number of piperazine rings is 1. The van der Waals surface area contributed by atoms with Crippen molar-refractivity contribution in [2.45, 2.75) is 58.4 Å². The number of anilines is 3. The molecule has 15 nitrogen and oxygen atoms in total. The number of carbonyl (C=O) groups is 3. The lowest BCUT2D eigenvalue weighted by molar-refractivity contribution is -0.131. The number of hydrogen-bond donors (Lipinski definition) is 3. The number of aryl methyl sites for hydroxylation is 2. The Kier molecular flexibility index (Phi) is 13.5. The molecule has 0 radical (unpaired) electrons. The number of ether oxygens (including phenoxy) is 2. The van der Waals surface area contributed by atoms with E-state index in [-0.39, 0.29) is 37.4 Å². The van der Waals surface area contributed by atoms with Crippen LogP contribution in [0.1, 0.15) is 62.9 Å². The zero-order valence-electron chi connectivity index (χ0n) is 34.2. The molecular formula is C43H53BrN10O5. The fourth-order valence-corrected chi connectivity index (χ4v) is 8.20. The minimum atomic E-state index is -0.479. The van der Waals surface area contributed by atoms with E-state index in [1.165, 1.54) is 4.90 Å². The Balaban J connectivity index is 0.804. The van der Waals surface area contributed by atoms with Crippen molar-refractivity contribution in [3.63, 3.8) is 0 Å². The van der Waals surface area contributed by atoms with Crippen LogP contribution in [0.4, 0.5) is 22.1 Å². The number of para-hydroxylation sites is 1. The molecule has 0 spiro atoms. The zero-order valence-corrected chi connectivity index (χ0v) is 35.8. The Hall–Kier alpha value is -5.48. The Morgan fingerprint density at radius 3 is 2.49 bits per heavy atom. The van der Waals surface area contributed by atoms with E-state index in [1.807, 2.05) is 61.3 Å². The van der Waals surface area contributed by atoms with E-state index in [1.54, 1.807) is 11.8 Å². The van der Waals surface area contributed by atoms with E-state index in [0.717, 1.165) is 95.1 Å². The topological polar surface area (TPSA) is 159 Å². The molecule has 16 heteroatoms. The van der Waals surface area contributed by atoms with Gasteiger partial charge in [0, 0.05) is 67.5 Å². The van der Waals surface area contributed by atoms with Crippen LogP contribution >= 0.6 is 15.9 Å². The lowest BCUT2D eigenvalue weighted by Gasteiger charge is -2.34. The van der Waals surface area contributed by atoms with E-state index in [0.29, 0.717) is 42.8 Å². The molecule has 2 fully saturated rings. The lowest BCUT2D eigenvalue weighted by atomic mass is 10.1. The second-order valence-corrected chi connectivity index (χ2v) is 16.1. The number of methoxy groups -OCH3 is 1. The fraction of sp³-hybridized carbons (Fsp3) is 0.442. The third-order valence-electron chi connectivity index (χ3n) is 11.0. The fourth-order valence-electron chi connectivity index (χ4n) is 7.78. The van der Waals surface area contributed by atoms with Gasteiger partial charge in [-0.3, -0.25) is 29.4 Å².